The molecular weight excluding hydrogens is 348 g/mol. The minimum atomic E-state index is -3.99. The molecule has 3 atom stereocenters. The third-order valence-electron chi connectivity index (χ3n) is 4.82. The summed E-state index contributed by atoms with van der Waals surface area (Å²) in [5.74, 6) is -2.86. The highest BCUT2D eigenvalue weighted by atomic mass is 32.2. The van der Waals surface area contributed by atoms with Gasteiger partial charge in [-0.05, 0) is 19.4 Å². The van der Waals surface area contributed by atoms with Crippen molar-refractivity contribution in [2.45, 2.75) is 42.5 Å². The van der Waals surface area contributed by atoms with Gasteiger partial charge in [-0.25, -0.2) is 8.42 Å². The van der Waals surface area contributed by atoms with E-state index in [4.69, 9.17) is 0 Å². The fraction of sp³-hybridized carbons (Fsp3) is 0.438. The minimum Gasteiger partial charge on any atom is -0.548 e. The molecule has 1 N–H and O–H groups in total. The van der Waals surface area contributed by atoms with Gasteiger partial charge in [0, 0.05) is 0 Å². The molecule has 8 nitrogen and oxygen atoms in total. The number of carbonyl (C=O) groups is 3. The Kier molecular flexibility index (Phi) is 3.86. The number of nitrogens with one attached hydrogen (secondary N) is 1. The Bertz CT molecular complexity index is 849. The van der Waals surface area contributed by atoms with Crippen LogP contribution in [0.4, 0.5) is 0 Å². The molecule has 2 amide bonds. The molecule has 1 aromatic carbocycles. The molecular formula is C16H17N2O6S-. The lowest BCUT2D eigenvalue weighted by atomic mass is 9.96. The van der Waals surface area contributed by atoms with Crippen LogP contribution in [0.15, 0.2) is 30.3 Å². The summed E-state index contributed by atoms with van der Waals surface area (Å²) in [6, 6.07) is 5.93. The van der Waals surface area contributed by atoms with Gasteiger partial charge < -0.3 is 20.1 Å². The molecule has 2 heterocycles. The van der Waals surface area contributed by atoms with Crippen molar-refractivity contribution in [1.82, 2.24) is 10.2 Å². The Labute approximate surface area is 144 Å². The van der Waals surface area contributed by atoms with Crippen LogP contribution in [-0.4, -0.2) is 53.3 Å². The number of carbonyl (C=O) groups excluding carboxylic acids is 3. The van der Waals surface area contributed by atoms with E-state index >= 15 is 0 Å². The summed E-state index contributed by atoms with van der Waals surface area (Å²) in [7, 11) is -3.99. The average Bonchev–Trinajstić information content (AvgIpc) is 2.67. The molecule has 0 saturated carbocycles. The number of fused-ring (bicyclic) bond motifs is 1. The van der Waals surface area contributed by atoms with Gasteiger partial charge in [0.05, 0.1) is 23.2 Å². The van der Waals surface area contributed by atoms with Crippen molar-refractivity contribution in [3.05, 3.63) is 35.9 Å². The molecule has 2 aliphatic heterocycles. The number of sulfone groups is 1. The molecule has 2 fully saturated rings. The highest BCUT2D eigenvalue weighted by Gasteiger charge is 2.70. The molecule has 0 unspecified atom stereocenters. The zero-order valence-electron chi connectivity index (χ0n) is 13.6. The Morgan fingerprint density at radius 2 is 1.84 bits per heavy atom. The maximum absolute atomic E-state index is 12.7. The van der Waals surface area contributed by atoms with Crippen LogP contribution in [0.3, 0.4) is 0 Å². The first-order valence-electron chi connectivity index (χ1n) is 7.69. The van der Waals surface area contributed by atoms with E-state index in [1.807, 2.05) is 0 Å². The second-order valence-corrected chi connectivity index (χ2v) is 9.34. The summed E-state index contributed by atoms with van der Waals surface area (Å²) in [6.07, 6.45) is -0.00923. The highest BCUT2D eigenvalue weighted by Crippen LogP contribution is 2.45. The van der Waals surface area contributed by atoms with Gasteiger partial charge >= 0.3 is 0 Å². The molecule has 1 aromatic rings. The van der Waals surface area contributed by atoms with E-state index < -0.39 is 49.8 Å². The fourth-order valence-corrected chi connectivity index (χ4v) is 5.64. The second kappa shape index (κ2) is 5.55. The van der Waals surface area contributed by atoms with Gasteiger partial charge in [0.2, 0.25) is 11.8 Å². The smallest absolute Gasteiger partial charge is 0.250 e. The largest absolute Gasteiger partial charge is 0.548 e. The van der Waals surface area contributed by atoms with Gasteiger partial charge in [0.15, 0.2) is 15.2 Å². The van der Waals surface area contributed by atoms with Gasteiger partial charge in [0.1, 0.15) is 6.04 Å². The summed E-state index contributed by atoms with van der Waals surface area (Å²) >= 11 is 0. The van der Waals surface area contributed by atoms with E-state index in [2.05, 4.69) is 5.32 Å². The first-order valence-corrected chi connectivity index (χ1v) is 9.23. The first kappa shape index (κ1) is 17.4. The normalized spacial score (nSPS) is 28.8. The highest BCUT2D eigenvalue weighted by molar-refractivity contribution is 7.94. The van der Waals surface area contributed by atoms with Crippen molar-refractivity contribution >= 4 is 27.6 Å². The Morgan fingerprint density at radius 1 is 1.24 bits per heavy atom. The lowest BCUT2D eigenvalue weighted by molar-refractivity contribution is -0.312. The van der Waals surface area contributed by atoms with Gasteiger partial charge in [-0.2, -0.15) is 0 Å². The lowest BCUT2D eigenvalue weighted by Gasteiger charge is -2.44. The van der Waals surface area contributed by atoms with E-state index in [1.54, 1.807) is 30.3 Å². The monoisotopic (exact) mass is 365 g/mol. The maximum Gasteiger partial charge on any atom is 0.250 e. The number of carboxylic acid groups (broad SMARTS) is 1. The van der Waals surface area contributed by atoms with E-state index in [1.165, 1.54) is 13.8 Å². The first-order chi connectivity index (χ1) is 11.6. The number of β-lactam (4-membered cyclic amide) rings is 1. The van der Waals surface area contributed by atoms with Crippen LogP contribution in [0.1, 0.15) is 19.4 Å². The van der Waals surface area contributed by atoms with Gasteiger partial charge in [0.25, 0.3) is 0 Å². The standard InChI is InChI=1S/C16H18N2O6S/c1-16(2)12(15(21)22)18-13(20)11(14(18)25(16,23)24)17-10(19)8-9-6-4-3-5-7-9/h3-7,11-12,14H,8H2,1-2H3,(H,17,19)(H,21,22)/p-1/t11-,12-,14+/m0/s1. The molecule has 2 aliphatic rings. The Morgan fingerprint density at radius 3 is 2.40 bits per heavy atom. The molecule has 0 radical (unpaired) electrons. The van der Waals surface area contributed by atoms with E-state index in [0.29, 0.717) is 5.56 Å². The van der Waals surface area contributed by atoms with E-state index in [-0.39, 0.29) is 6.42 Å². The number of hydrogen-bond donors (Lipinski definition) is 1. The lowest BCUT2D eigenvalue weighted by Crippen LogP contribution is -2.72. The summed E-state index contributed by atoms with van der Waals surface area (Å²) in [4.78, 5) is 36.6. The Balaban J connectivity index is 1.81. The third-order valence-corrected chi connectivity index (χ3v) is 7.64. The summed E-state index contributed by atoms with van der Waals surface area (Å²) in [6.45, 7) is 2.49. The predicted molar refractivity (Wildman–Crippen MR) is 84.5 cm³/mol. The molecule has 0 aromatic heterocycles. The third kappa shape index (κ3) is 2.41. The summed E-state index contributed by atoms with van der Waals surface area (Å²) in [5.41, 5.74) is 0.714. The maximum atomic E-state index is 12.7. The average molecular weight is 365 g/mol. The number of aliphatic carboxylic acids is 1. The van der Waals surface area contributed by atoms with Crippen LogP contribution in [0.25, 0.3) is 0 Å². The molecule has 0 spiro atoms. The van der Waals surface area contributed by atoms with Crippen molar-refractivity contribution in [3.63, 3.8) is 0 Å². The number of rotatable bonds is 4. The number of amides is 2. The molecule has 0 aliphatic carbocycles. The summed E-state index contributed by atoms with van der Waals surface area (Å²) in [5, 5.41) is 12.4. The van der Waals surface area contributed by atoms with Gasteiger partial charge in [-0.3, -0.25) is 9.59 Å². The van der Waals surface area contributed by atoms with Crippen LogP contribution < -0.4 is 10.4 Å². The number of carboxylic acids is 1. The molecule has 3 rings (SSSR count). The molecule has 9 heteroatoms. The second-order valence-electron chi connectivity index (χ2n) is 6.71. The van der Waals surface area contributed by atoms with Crippen molar-refractivity contribution in [2.24, 2.45) is 0 Å². The SMILES string of the molecule is CC1(C)[C@H](C(=O)[O-])N2C(=O)[C@H](NC(=O)Cc3ccccc3)[C@H]2S1(=O)=O. The zero-order chi connectivity index (χ0) is 18.6. The van der Waals surface area contributed by atoms with Crippen LogP contribution in [-0.2, 0) is 30.6 Å². The van der Waals surface area contributed by atoms with Gasteiger partial charge in [-0.1, -0.05) is 30.3 Å². The molecule has 25 heavy (non-hydrogen) atoms. The van der Waals surface area contributed by atoms with Crippen molar-refractivity contribution in [3.8, 4) is 0 Å². The molecule has 2 saturated heterocycles. The fourth-order valence-electron chi connectivity index (χ4n) is 3.43. The predicted octanol–water partition coefficient (Wildman–Crippen LogP) is -1.79. The Hall–Kier alpha value is -2.42. The topological polar surface area (TPSA) is 124 Å². The van der Waals surface area contributed by atoms with Gasteiger partial charge in [-0.15, -0.1) is 0 Å². The molecule has 134 valence electrons. The van der Waals surface area contributed by atoms with Crippen LogP contribution in [0.5, 0.6) is 0 Å². The number of hydrogen-bond acceptors (Lipinski definition) is 6. The zero-order valence-corrected chi connectivity index (χ0v) is 14.4. The number of nitrogens with zero attached hydrogens (tertiary/aromatic N) is 1. The van der Waals surface area contributed by atoms with Crippen molar-refractivity contribution in [2.75, 3.05) is 0 Å². The van der Waals surface area contributed by atoms with Crippen LogP contribution >= 0.6 is 0 Å². The van der Waals surface area contributed by atoms with Crippen LogP contribution in [0, 0.1) is 0 Å². The van der Waals surface area contributed by atoms with E-state index in [9.17, 15) is 27.9 Å². The van der Waals surface area contributed by atoms with Crippen molar-refractivity contribution < 1.29 is 27.9 Å². The van der Waals surface area contributed by atoms with E-state index in [0.717, 1.165) is 4.90 Å². The molecule has 0 bridgehead atoms. The minimum absolute atomic E-state index is 0.00923. The number of benzene rings is 1. The van der Waals surface area contributed by atoms with Crippen molar-refractivity contribution in [1.29, 1.82) is 0 Å². The van der Waals surface area contributed by atoms with Crippen LogP contribution in [0.2, 0.25) is 0 Å². The quantitative estimate of drug-likeness (QED) is 0.629. The summed E-state index contributed by atoms with van der Waals surface area (Å²) < 4.78 is 23.6.